The number of fused-ring (bicyclic) bond motifs is 1. The Kier molecular flexibility index (Phi) is 5.85. The van der Waals surface area contributed by atoms with Crippen molar-refractivity contribution in [3.63, 3.8) is 0 Å². The van der Waals surface area contributed by atoms with Gasteiger partial charge in [-0.1, -0.05) is 13.8 Å². The van der Waals surface area contributed by atoms with E-state index >= 15 is 0 Å². The van der Waals surface area contributed by atoms with Crippen molar-refractivity contribution in [1.29, 1.82) is 0 Å². The molecule has 24 heavy (non-hydrogen) atoms. The van der Waals surface area contributed by atoms with Crippen molar-refractivity contribution >= 4 is 11.8 Å². The zero-order valence-corrected chi connectivity index (χ0v) is 15.8. The molecule has 0 aromatic carbocycles. The highest BCUT2D eigenvalue weighted by Crippen LogP contribution is 2.53. The van der Waals surface area contributed by atoms with Gasteiger partial charge in [0.2, 0.25) is 0 Å². The number of hydrogen-bond donors (Lipinski definition) is 4. The van der Waals surface area contributed by atoms with E-state index in [4.69, 9.17) is 0 Å². The van der Waals surface area contributed by atoms with E-state index < -0.39 is 6.29 Å². The molecule has 0 amide bonds. The third-order valence-electron chi connectivity index (χ3n) is 6.47. The van der Waals surface area contributed by atoms with E-state index in [1.54, 1.807) is 6.20 Å². The van der Waals surface area contributed by atoms with E-state index in [9.17, 15) is 15.3 Å². The van der Waals surface area contributed by atoms with Crippen LogP contribution in [0.15, 0.2) is 11.8 Å². The van der Waals surface area contributed by atoms with E-state index in [-0.39, 0.29) is 10.9 Å². The molecule has 1 saturated heterocycles. The summed E-state index contributed by atoms with van der Waals surface area (Å²) in [6, 6.07) is 0.473. The minimum Gasteiger partial charge on any atom is -0.388 e. The van der Waals surface area contributed by atoms with Crippen molar-refractivity contribution < 1.29 is 15.3 Å². The molecule has 0 spiro atoms. The van der Waals surface area contributed by atoms with E-state index in [2.05, 4.69) is 19.2 Å². The van der Waals surface area contributed by atoms with Crippen LogP contribution in [0.25, 0.3) is 0 Å². The van der Waals surface area contributed by atoms with Crippen LogP contribution in [-0.2, 0) is 0 Å². The van der Waals surface area contributed by atoms with Crippen LogP contribution in [0.2, 0.25) is 0 Å². The number of nitrogens with one attached hydrogen (secondary N) is 1. The molecule has 0 aromatic heterocycles. The van der Waals surface area contributed by atoms with Crippen LogP contribution < -0.4 is 5.32 Å². The van der Waals surface area contributed by atoms with Crippen LogP contribution >= 0.6 is 11.8 Å². The number of aliphatic hydroxyl groups is 3. The van der Waals surface area contributed by atoms with Gasteiger partial charge in [0.15, 0.2) is 6.29 Å². The predicted molar refractivity (Wildman–Crippen MR) is 98.3 cm³/mol. The molecule has 2 heterocycles. The second-order valence-electron chi connectivity index (χ2n) is 8.68. The Hall–Kier alpha value is -0.230. The maximum Gasteiger partial charge on any atom is 0.175 e. The minimum absolute atomic E-state index is 0.174. The van der Waals surface area contributed by atoms with E-state index in [1.165, 1.54) is 32.1 Å². The summed E-state index contributed by atoms with van der Waals surface area (Å²) in [7, 11) is 0. The van der Waals surface area contributed by atoms with Gasteiger partial charge >= 0.3 is 0 Å². The molecule has 138 valence electrons. The van der Waals surface area contributed by atoms with Crippen molar-refractivity contribution in [3.05, 3.63) is 11.8 Å². The number of hydrogen-bond acceptors (Lipinski definition) is 5. The Morgan fingerprint density at radius 2 is 2.04 bits per heavy atom. The molecule has 0 bridgehead atoms. The number of thioether (sulfide) groups is 1. The van der Waals surface area contributed by atoms with Gasteiger partial charge in [-0.25, -0.2) is 0 Å². The van der Waals surface area contributed by atoms with Gasteiger partial charge in [-0.15, -0.1) is 11.8 Å². The molecular weight excluding hydrogens is 322 g/mol. The maximum absolute atomic E-state index is 10.1. The SMILES string of the molecule is CC1(C)CC(O)SC2CCC(CCC3CCC(C(O)O)=CN3)CC21. The zero-order chi connectivity index (χ0) is 17.3. The molecule has 1 aliphatic carbocycles. The Labute approximate surface area is 150 Å². The Bertz CT molecular complexity index is 466. The van der Waals surface area contributed by atoms with E-state index in [0.29, 0.717) is 16.9 Å². The quantitative estimate of drug-likeness (QED) is 0.584. The molecule has 0 radical (unpaired) electrons. The first kappa shape index (κ1) is 18.6. The molecule has 3 aliphatic rings. The second-order valence-corrected chi connectivity index (χ2v) is 10.1. The third-order valence-corrected chi connectivity index (χ3v) is 7.87. The summed E-state index contributed by atoms with van der Waals surface area (Å²) in [6.07, 6.45) is 9.47. The monoisotopic (exact) mass is 355 g/mol. The fraction of sp³-hybridized carbons (Fsp3) is 0.895. The van der Waals surface area contributed by atoms with Crippen LogP contribution in [0.1, 0.15) is 65.2 Å². The molecule has 2 fully saturated rings. The second kappa shape index (κ2) is 7.56. The summed E-state index contributed by atoms with van der Waals surface area (Å²) >= 11 is 1.81. The Morgan fingerprint density at radius 3 is 2.71 bits per heavy atom. The Balaban J connectivity index is 1.48. The standard InChI is InChI=1S/C19H33NO3S/c1-19(2)10-17(21)24-16-8-4-12(9-15(16)19)3-6-14-7-5-13(11-20-14)18(22)23/h11-12,14-18,20-23H,3-10H2,1-2H3. The fourth-order valence-electron chi connectivity index (χ4n) is 4.92. The molecule has 4 N–H and O–H groups in total. The van der Waals surface area contributed by atoms with Crippen molar-refractivity contribution in [2.45, 2.75) is 88.2 Å². The van der Waals surface area contributed by atoms with Crippen LogP contribution in [0.5, 0.6) is 0 Å². The van der Waals surface area contributed by atoms with Gasteiger partial charge < -0.3 is 20.6 Å². The lowest BCUT2D eigenvalue weighted by Gasteiger charge is -2.50. The first-order chi connectivity index (χ1) is 11.3. The lowest BCUT2D eigenvalue weighted by atomic mass is 9.65. The van der Waals surface area contributed by atoms with E-state index in [0.717, 1.165) is 31.1 Å². The number of rotatable bonds is 4. The van der Waals surface area contributed by atoms with Gasteiger partial charge in [0, 0.05) is 23.1 Å². The van der Waals surface area contributed by atoms with Crippen LogP contribution in [-0.4, -0.2) is 38.3 Å². The van der Waals surface area contributed by atoms with Gasteiger partial charge in [0.05, 0.1) is 0 Å². The molecule has 1 saturated carbocycles. The summed E-state index contributed by atoms with van der Waals surface area (Å²) in [6.45, 7) is 4.68. The Morgan fingerprint density at radius 1 is 1.25 bits per heavy atom. The summed E-state index contributed by atoms with van der Waals surface area (Å²) in [4.78, 5) is 0. The summed E-state index contributed by atoms with van der Waals surface area (Å²) < 4.78 is 0. The van der Waals surface area contributed by atoms with Crippen molar-refractivity contribution in [2.75, 3.05) is 0 Å². The molecule has 5 unspecified atom stereocenters. The topological polar surface area (TPSA) is 72.7 Å². The highest BCUT2D eigenvalue weighted by Gasteiger charge is 2.45. The molecule has 5 heteroatoms. The maximum atomic E-state index is 10.1. The van der Waals surface area contributed by atoms with Gasteiger partial charge in [-0.3, -0.25) is 0 Å². The lowest BCUT2D eigenvalue weighted by molar-refractivity contribution is -0.0121. The highest BCUT2D eigenvalue weighted by molar-refractivity contribution is 8.00. The summed E-state index contributed by atoms with van der Waals surface area (Å²) in [5, 5.41) is 32.5. The highest BCUT2D eigenvalue weighted by atomic mass is 32.2. The summed E-state index contributed by atoms with van der Waals surface area (Å²) in [5.74, 6) is 1.54. The molecule has 5 atom stereocenters. The van der Waals surface area contributed by atoms with Gasteiger partial charge in [-0.05, 0) is 68.6 Å². The fourth-order valence-corrected chi connectivity index (χ4v) is 6.79. The van der Waals surface area contributed by atoms with Gasteiger partial charge in [0.1, 0.15) is 5.44 Å². The van der Waals surface area contributed by atoms with Crippen LogP contribution in [0, 0.1) is 17.3 Å². The minimum atomic E-state index is -1.31. The first-order valence-corrected chi connectivity index (χ1v) is 10.4. The summed E-state index contributed by atoms with van der Waals surface area (Å²) in [5.41, 5.74) is 0.782. The first-order valence-electron chi connectivity index (χ1n) is 9.50. The normalized spacial score (nSPS) is 39.1. The predicted octanol–water partition coefficient (Wildman–Crippen LogP) is 2.98. The van der Waals surface area contributed by atoms with Crippen LogP contribution in [0.3, 0.4) is 0 Å². The average molecular weight is 356 g/mol. The largest absolute Gasteiger partial charge is 0.388 e. The van der Waals surface area contributed by atoms with Crippen molar-refractivity contribution in [3.8, 4) is 0 Å². The molecule has 3 rings (SSSR count). The molecule has 4 nitrogen and oxygen atoms in total. The molecular formula is C19H33NO3S. The van der Waals surface area contributed by atoms with Gasteiger partial charge in [-0.2, -0.15) is 0 Å². The van der Waals surface area contributed by atoms with Crippen molar-refractivity contribution in [2.24, 2.45) is 17.3 Å². The van der Waals surface area contributed by atoms with E-state index in [1.807, 2.05) is 11.8 Å². The average Bonchev–Trinajstić information content (AvgIpc) is 2.52. The zero-order valence-electron chi connectivity index (χ0n) is 14.9. The van der Waals surface area contributed by atoms with Gasteiger partial charge in [0.25, 0.3) is 0 Å². The number of aliphatic hydroxyl groups excluding tert-OH is 2. The smallest absolute Gasteiger partial charge is 0.175 e. The van der Waals surface area contributed by atoms with Crippen LogP contribution in [0.4, 0.5) is 0 Å². The van der Waals surface area contributed by atoms with Crippen molar-refractivity contribution in [1.82, 2.24) is 5.32 Å². The lowest BCUT2D eigenvalue weighted by Crippen LogP contribution is -2.44. The molecule has 0 aromatic rings. The molecule has 2 aliphatic heterocycles. The third kappa shape index (κ3) is 4.29.